The van der Waals surface area contributed by atoms with Gasteiger partial charge in [0.2, 0.25) is 0 Å². The minimum atomic E-state index is -1.23. The number of rotatable bonds is 11. The molecule has 48 heavy (non-hydrogen) atoms. The zero-order chi connectivity index (χ0) is 34.6. The number of hydrogen-bond donors (Lipinski definition) is 2. The van der Waals surface area contributed by atoms with E-state index in [0.29, 0.717) is 41.7 Å². The van der Waals surface area contributed by atoms with Crippen molar-refractivity contribution >= 4 is 23.3 Å². The van der Waals surface area contributed by atoms with Gasteiger partial charge < -0.3 is 24.8 Å². The number of nitrogens with one attached hydrogen (secondary N) is 1. The van der Waals surface area contributed by atoms with Gasteiger partial charge in [-0.05, 0) is 100 Å². The van der Waals surface area contributed by atoms with Gasteiger partial charge in [0.1, 0.15) is 23.2 Å². The molecule has 0 spiro atoms. The number of carbonyl (C=O) groups is 1. The third-order valence-corrected chi connectivity index (χ3v) is 8.64. The highest BCUT2D eigenvalue weighted by Crippen LogP contribution is 2.47. The second-order valence-electron chi connectivity index (χ2n) is 14.3. The predicted molar refractivity (Wildman–Crippen MR) is 189 cm³/mol. The molecule has 1 saturated heterocycles. The van der Waals surface area contributed by atoms with Crippen molar-refractivity contribution < 1.29 is 23.8 Å². The summed E-state index contributed by atoms with van der Waals surface area (Å²) in [7, 11) is 0. The van der Waals surface area contributed by atoms with Crippen LogP contribution >= 0.6 is 0 Å². The van der Waals surface area contributed by atoms with E-state index in [9.17, 15) is 14.3 Å². The second kappa shape index (κ2) is 14.3. The fourth-order valence-electron chi connectivity index (χ4n) is 6.02. The van der Waals surface area contributed by atoms with E-state index in [4.69, 9.17) is 14.5 Å². The smallest absolute Gasteiger partial charge is 0.337 e. The first-order chi connectivity index (χ1) is 22.7. The molecule has 0 amide bonds. The minimum Gasteiger partial charge on any atom is -0.493 e. The molecule has 254 valence electrons. The molecule has 1 fully saturated rings. The number of aromatic nitrogens is 2. The number of carboxylic acid groups (broad SMARTS) is 1. The third kappa shape index (κ3) is 8.69. The molecule has 2 aromatic heterocycles. The van der Waals surface area contributed by atoms with E-state index in [1.807, 2.05) is 77.1 Å². The van der Waals surface area contributed by atoms with Crippen LogP contribution in [0, 0.1) is 25.1 Å². The maximum atomic E-state index is 13.3. The lowest BCUT2D eigenvalue weighted by atomic mass is 9.82. The summed E-state index contributed by atoms with van der Waals surface area (Å²) in [4.78, 5) is 25.0. The summed E-state index contributed by atoms with van der Waals surface area (Å²) in [5.74, 6) is 0.590. The van der Waals surface area contributed by atoms with E-state index < -0.39 is 17.7 Å². The second-order valence-corrected chi connectivity index (χ2v) is 14.3. The number of ether oxygens (including phenoxy) is 2. The van der Waals surface area contributed by atoms with Crippen molar-refractivity contribution in [2.24, 2.45) is 5.41 Å². The van der Waals surface area contributed by atoms with Crippen molar-refractivity contribution in [2.75, 3.05) is 29.9 Å². The first-order valence-corrected chi connectivity index (χ1v) is 16.6. The largest absolute Gasteiger partial charge is 0.493 e. The first kappa shape index (κ1) is 34.8. The van der Waals surface area contributed by atoms with Crippen LogP contribution in [0.4, 0.5) is 21.7 Å². The van der Waals surface area contributed by atoms with Crippen LogP contribution in [0.1, 0.15) is 76.1 Å². The van der Waals surface area contributed by atoms with Crippen LogP contribution in [0.25, 0.3) is 11.1 Å². The Bertz CT molecular complexity index is 1720. The number of hydrogen-bond acceptors (Lipinski definition) is 7. The van der Waals surface area contributed by atoms with Crippen molar-refractivity contribution in [3.8, 4) is 16.9 Å². The zero-order valence-corrected chi connectivity index (χ0v) is 29.1. The van der Waals surface area contributed by atoms with E-state index in [0.717, 1.165) is 54.0 Å². The number of pyridine rings is 2. The van der Waals surface area contributed by atoms with Crippen LogP contribution in [0.15, 0.2) is 66.7 Å². The predicted octanol–water partition coefficient (Wildman–Crippen LogP) is 8.83. The number of anilines is 3. The van der Waals surface area contributed by atoms with Gasteiger partial charge in [-0.2, -0.15) is 0 Å². The highest BCUT2D eigenvalue weighted by atomic mass is 19.1. The summed E-state index contributed by atoms with van der Waals surface area (Å²) in [6.45, 7) is 15.9. The van der Waals surface area contributed by atoms with E-state index in [2.05, 4.69) is 29.0 Å². The molecule has 2 aromatic carbocycles. The standard InChI is InChI=1S/C39H47FN4O4/c1-25-9-8-10-31(41-25)43-36-33(28-13-17-30(18-14-28)47-24-19-27-11-15-29(40)16-12-27)34(44-22-20-39(6,7)21-23-44)32(26(2)42-36)35(37(45)46)48-38(3,4)5/h8-18,35H,19-24H2,1-7H3,(H,45,46)(H,41,42,43)/t35-/m0/s1. The molecule has 1 aliphatic rings. The van der Waals surface area contributed by atoms with Gasteiger partial charge in [-0.15, -0.1) is 0 Å². The van der Waals surface area contributed by atoms with Crippen LogP contribution in [0.3, 0.4) is 0 Å². The summed E-state index contributed by atoms with van der Waals surface area (Å²) < 4.78 is 25.7. The summed E-state index contributed by atoms with van der Waals surface area (Å²) in [6.07, 6.45) is 1.31. The van der Waals surface area contributed by atoms with Crippen LogP contribution in [-0.4, -0.2) is 46.3 Å². The lowest BCUT2D eigenvalue weighted by Gasteiger charge is -2.41. The Morgan fingerprint density at radius 2 is 1.67 bits per heavy atom. The number of aryl methyl sites for hydroxylation is 2. The van der Waals surface area contributed by atoms with Crippen LogP contribution in [-0.2, 0) is 16.0 Å². The molecule has 1 aliphatic heterocycles. The third-order valence-electron chi connectivity index (χ3n) is 8.64. The topological polar surface area (TPSA) is 96.8 Å². The number of carboxylic acids is 1. The average molecular weight is 655 g/mol. The van der Waals surface area contributed by atoms with Gasteiger partial charge >= 0.3 is 5.97 Å². The molecule has 1 atom stereocenters. The Morgan fingerprint density at radius 3 is 2.27 bits per heavy atom. The van der Waals surface area contributed by atoms with E-state index >= 15 is 0 Å². The molecular formula is C39H47FN4O4. The molecule has 0 unspecified atom stereocenters. The van der Waals surface area contributed by atoms with E-state index in [1.54, 1.807) is 12.1 Å². The summed E-state index contributed by atoms with van der Waals surface area (Å²) in [5, 5.41) is 14.1. The van der Waals surface area contributed by atoms with Crippen molar-refractivity contribution in [2.45, 2.75) is 79.4 Å². The van der Waals surface area contributed by atoms with Crippen molar-refractivity contribution in [3.63, 3.8) is 0 Å². The normalized spacial score (nSPS) is 15.2. The quantitative estimate of drug-likeness (QED) is 0.166. The summed E-state index contributed by atoms with van der Waals surface area (Å²) >= 11 is 0. The lowest BCUT2D eigenvalue weighted by molar-refractivity contribution is -0.160. The molecule has 3 heterocycles. The fraction of sp³-hybridized carbons (Fsp3) is 0.410. The Labute approximate surface area is 283 Å². The fourth-order valence-corrected chi connectivity index (χ4v) is 6.02. The monoisotopic (exact) mass is 654 g/mol. The highest BCUT2D eigenvalue weighted by Gasteiger charge is 2.37. The summed E-state index contributed by atoms with van der Waals surface area (Å²) in [6, 6.07) is 20.0. The Kier molecular flexibility index (Phi) is 10.4. The van der Waals surface area contributed by atoms with Gasteiger partial charge in [-0.25, -0.2) is 19.2 Å². The molecule has 0 saturated carbocycles. The Morgan fingerprint density at radius 1 is 1.00 bits per heavy atom. The van der Waals surface area contributed by atoms with Gasteiger partial charge in [0.15, 0.2) is 6.10 Å². The maximum Gasteiger partial charge on any atom is 0.337 e. The van der Waals surface area contributed by atoms with Gasteiger partial charge in [-0.3, -0.25) is 0 Å². The molecule has 9 heteroatoms. The molecule has 5 rings (SSSR count). The van der Waals surface area contributed by atoms with Gasteiger partial charge in [0, 0.05) is 42.0 Å². The molecule has 2 N–H and O–H groups in total. The van der Waals surface area contributed by atoms with Crippen LogP contribution < -0.4 is 15.0 Å². The van der Waals surface area contributed by atoms with E-state index in [-0.39, 0.29) is 11.2 Å². The summed E-state index contributed by atoms with van der Waals surface area (Å²) in [5.41, 5.74) is 4.87. The molecule has 8 nitrogen and oxygen atoms in total. The number of aliphatic carboxylic acids is 1. The number of benzene rings is 2. The molecular weight excluding hydrogens is 607 g/mol. The van der Waals surface area contributed by atoms with Crippen LogP contribution in [0.2, 0.25) is 0 Å². The van der Waals surface area contributed by atoms with Gasteiger partial charge in [-0.1, -0.05) is 44.2 Å². The Balaban J connectivity index is 1.63. The SMILES string of the molecule is Cc1cccc(Nc2nc(C)c([C@H](OC(C)(C)C)C(=O)O)c(N3CCC(C)(C)CC3)c2-c2ccc(OCCc3ccc(F)cc3)cc2)n1. The van der Waals surface area contributed by atoms with Crippen molar-refractivity contribution in [1.29, 1.82) is 0 Å². The number of nitrogens with zero attached hydrogens (tertiary/aromatic N) is 3. The number of piperidine rings is 1. The van der Waals surface area contributed by atoms with Crippen molar-refractivity contribution in [3.05, 3.63) is 95.1 Å². The minimum absolute atomic E-state index is 0.173. The Hall–Kier alpha value is -4.50. The zero-order valence-electron chi connectivity index (χ0n) is 29.1. The highest BCUT2D eigenvalue weighted by molar-refractivity contribution is 5.93. The molecule has 4 aromatic rings. The number of halogens is 1. The van der Waals surface area contributed by atoms with Gasteiger partial charge in [0.05, 0.1) is 17.9 Å². The van der Waals surface area contributed by atoms with E-state index in [1.165, 1.54) is 12.1 Å². The average Bonchev–Trinajstić information content (AvgIpc) is 3.01. The molecule has 0 aliphatic carbocycles. The van der Waals surface area contributed by atoms with Crippen LogP contribution in [0.5, 0.6) is 5.75 Å². The van der Waals surface area contributed by atoms with Crippen molar-refractivity contribution in [1.82, 2.24) is 9.97 Å². The molecule has 0 radical (unpaired) electrons. The lowest BCUT2D eigenvalue weighted by Crippen LogP contribution is -2.39. The maximum absolute atomic E-state index is 13.3. The first-order valence-electron chi connectivity index (χ1n) is 16.6. The molecule has 0 bridgehead atoms. The van der Waals surface area contributed by atoms with Gasteiger partial charge in [0.25, 0.3) is 0 Å².